The molecule has 0 atom stereocenters. The van der Waals surface area contributed by atoms with Crippen LogP contribution in [0.4, 0.5) is 5.69 Å². The number of nitriles is 1. The average Bonchev–Trinajstić information content (AvgIpc) is 2.47. The normalized spacial score (nSPS) is 11.3. The van der Waals surface area contributed by atoms with E-state index in [-0.39, 0.29) is 17.1 Å². The summed E-state index contributed by atoms with van der Waals surface area (Å²) in [5.74, 6) is 0. The Hall–Kier alpha value is -2.43. The van der Waals surface area contributed by atoms with Crippen molar-refractivity contribution in [1.29, 1.82) is 5.26 Å². The predicted octanol–water partition coefficient (Wildman–Crippen LogP) is 1.36. The lowest BCUT2D eigenvalue weighted by Gasteiger charge is -2.18. The zero-order chi connectivity index (χ0) is 15.5. The molecule has 108 valence electrons. The summed E-state index contributed by atoms with van der Waals surface area (Å²) in [5, 5.41) is 8.79. The molecule has 1 aromatic carbocycles. The number of aromatic nitrogens is 1. The topological polar surface area (TPSA) is 100 Å². The second-order valence-corrected chi connectivity index (χ2v) is 6.50. The Kier molecular flexibility index (Phi) is 4.21. The van der Waals surface area contributed by atoms with Gasteiger partial charge in [0.25, 0.3) is 0 Å². The minimum Gasteiger partial charge on any atom is -0.398 e. The Bertz CT molecular complexity index is 782. The van der Waals surface area contributed by atoms with Gasteiger partial charge in [0.05, 0.1) is 17.3 Å². The van der Waals surface area contributed by atoms with Crippen LogP contribution in [0.25, 0.3) is 0 Å². The van der Waals surface area contributed by atoms with Gasteiger partial charge in [-0.15, -0.1) is 0 Å². The van der Waals surface area contributed by atoms with E-state index in [2.05, 4.69) is 4.98 Å². The monoisotopic (exact) mass is 302 g/mol. The van der Waals surface area contributed by atoms with Gasteiger partial charge in [0.1, 0.15) is 4.90 Å². The summed E-state index contributed by atoms with van der Waals surface area (Å²) in [6, 6.07) is 9.59. The molecule has 0 aliphatic heterocycles. The lowest BCUT2D eigenvalue weighted by Crippen LogP contribution is -2.27. The number of pyridine rings is 1. The van der Waals surface area contributed by atoms with Gasteiger partial charge in [0.2, 0.25) is 10.0 Å². The molecule has 2 rings (SSSR count). The molecule has 1 aromatic heterocycles. The van der Waals surface area contributed by atoms with E-state index in [9.17, 15) is 8.42 Å². The maximum absolute atomic E-state index is 12.5. The molecule has 2 aromatic rings. The number of anilines is 1. The van der Waals surface area contributed by atoms with E-state index >= 15 is 0 Å². The van der Waals surface area contributed by atoms with Crippen LogP contribution in [-0.2, 0) is 16.6 Å². The molecule has 0 saturated carbocycles. The number of sulfonamides is 1. The molecule has 0 aliphatic rings. The van der Waals surface area contributed by atoms with Crippen LogP contribution in [0.3, 0.4) is 0 Å². The zero-order valence-electron chi connectivity index (χ0n) is 11.4. The van der Waals surface area contributed by atoms with Crippen molar-refractivity contribution >= 4 is 15.7 Å². The van der Waals surface area contributed by atoms with Gasteiger partial charge in [-0.3, -0.25) is 4.98 Å². The molecular formula is C14H14N4O2S. The third kappa shape index (κ3) is 3.18. The molecule has 1 heterocycles. The lowest BCUT2D eigenvalue weighted by atomic mass is 10.2. The summed E-state index contributed by atoms with van der Waals surface area (Å²) in [6.07, 6.45) is 3.23. The van der Waals surface area contributed by atoms with Crippen LogP contribution in [0.1, 0.15) is 11.1 Å². The Balaban J connectivity index is 2.32. The predicted molar refractivity (Wildman–Crippen MR) is 78.5 cm³/mol. The first-order chi connectivity index (χ1) is 9.95. The third-order valence-electron chi connectivity index (χ3n) is 2.96. The fourth-order valence-corrected chi connectivity index (χ4v) is 3.11. The minimum atomic E-state index is -3.72. The van der Waals surface area contributed by atoms with Crippen molar-refractivity contribution in [3.8, 4) is 6.07 Å². The van der Waals surface area contributed by atoms with Gasteiger partial charge in [-0.25, -0.2) is 8.42 Å². The second-order valence-electron chi connectivity index (χ2n) is 4.49. The summed E-state index contributed by atoms with van der Waals surface area (Å²) in [6.45, 7) is 0.190. The van der Waals surface area contributed by atoms with E-state index in [0.717, 1.165) is 5.56 Å². The molecule has 0 aliphatic carbocycles. The van der Waals surface area contributed by atoms with E-state index in [1.54, 1.807) is 24.5 Å². The van der Waals surface area contributed by atoms with Crippen LogP contribution < -0.4 is 5.73 Å². The van der Waals surface area contributed by atoms with Crippen molar-refractivity contribution in [3.05, 3.63) is 53.9 Å². The lowest BCUT2D eigenvalue weighted by molar-refractivity contribution is 0.466. The van der Waals surface area contributed by atoms with E-state index in [1.165, 1.54) is 29.6 Å². The van der Waals surface area contributed by atoms with Crippen molar-refractivity contribution in [3.63, 3.8) is 0 Å². The first-order valence-corrected chi connectivity index (χ1v) is 7.54. The number of benzene rings is 1. The van der Waals surface area contributed by atoms with Crippen LogP contribution in [-0.4, -0.2) is 24.8 Å². The molecule has 0 fully saturated rings. The SMILES string of the molecule is CN(Cc1cccnc1)S(=O)(=O)c1ccc(C#N)cc1N. The average molecular weight is 302 g/mol. The molecule has 2 N–H and O–H groups in total. The summed E-state index contributed by atoms with van der Waals surface area (Å²) in [5.41, 5.74) is 6.90. The van der Waals surface area contributed by atoms with Crippen LogP contribution >= 0.6 is 0 Å². The van der Waals surface area contributed by atoms with Crippen LogP contribution in [0.2, 0.25) is 0 Å². The quantitative estimate of drug-likeness (QED) is 0.859. The number of hydrogen-bond donors (Lipinski definition) is 1. The first-order valence-electron chi connectivity index (χ1n) is 6.10. The summed E-state index contributed by atoms with van der Waals surface area (Å²) < 4.78 is 26.2. The van der Waals surface area contributed by atoms with Crippen molar-refractivity contribution in [2.75, 3.05) is 12.8 Å². The smallest absolute Gasteiger partial charge is 0.245 e. The van der Waals surface area contributed by atoms with Gasteiger partial charge in [0.15, 0.2) is 0 Å². The number of nitrogens with zero attached hydrogens (tertiary/aromatic N) is 3. The van der Waals surface area contributed by atoms with Gasteiger partial charge < -0.3 is 5.73 Å². The minimum absolute atomic E-state index is 0.00658. The first kappa shape index (κ1) is 15.0. The van der Waals surface area contributed by atoms with Crippen LogP contribution in [0.5, 0.6) is 0 Å². The largest absolute Gasteiger partial charge is 0.398 e. The molecule has 21 heavy (non-hydrogen) atoms. The number of rotatable bonds is 4. The number of nitrogen functional groups attached to an aromatic ring is 1. The highest BCUT2D eigenvalue weighted by atomic mass is 32.2. The number of hydrogen-bond acceptors (Lipinski definition) is 5. The molecular weight excluding hydrogens is 288 g/mol. The van der Waals surface area contributed by atoms with Crippen LogP contribution in [0, 0.1) is 11.3 Å². The van der Waals surface area contributed by atoms with E-state index < -0.39 is 10.0 Å². The highest BCUT2D eigenvalue weighted by Gasteiger charge is 2.23. The van der Waals surface area contributed by atoms with Gasteiger partial charge in [-0.2, -0.15) is 9.57 Å². The highest BCUT2D eigenvalue weighted by molar-refractivity contribution is 7.89. The molecule has 0 spiro atoms. The molecule has 7 heteroatoms. The Morgan fingerprint density at radius 2 is 2.14 bits per heavy atom. The molecule has 0 saturated heterocycles. The van der Waals surface area contributed by atoms with Crippen molar-refractivity contribution in [2.24, 2.45) is 0 Å². The molecule has 0 radical (unpaired) electrons. The fourth-order valence-electron chi connectivity index (χ4n) is 1.85. The van der Waals surface area contributed by atoms with Crippen LogP contribution in [0.15, 0.2) is 47.6 Å². The zero-order valence-corrected chi connectivity index (χ0v) is 12.2. The van der Waals surface area contributed by atoms with Gasteiger partial charge in [-0.1, -0.05) is 6.07 Å². The Labute approximate surface area is 123 Å². The van der Waals surface area contributed by atoms with Gasteiger partial charge in [-0.05, 0) is 29.8 Å². The third-order valence-corrected chi connectivity index (χ3v) is 4.83. The van der Waals surface area contributed by atoms with E-state index in [1.807, 2.05) is 6.07 Å². The van der Waals surface area contributed by atoms with Gasteiger partial charge in [0, 0.05) is 26.0 Å². The summed E-state index contributed by atoms with van der Waals surface area (Å²) in [7, 11) is -2.25. The maximum atomic E-state index is 12.5. The van der Waals surface area contributed by atoms with Crippen molar-refractivity contribution < 1.29 is 8.42 Å². The van der Waals surface area contributed by atoms with Gasteiger partial charge >= 0.3 is 0 Å². The second kappa shape index (κ2) is 5.91. The van der Waals surface area contributed by atoms with E-state index in [4.69, 9.17) is 11.0 Å². The fraction of sp³-hybridized carbons (Fsp3) is 0.143. The van der Waals surface area contributed by atoms with E-state index in [0.29, 0.717) is 5.56 Å². The Morgan fingerprint density at radius 3 is 2.71 bits per heavy atom. The number of nitrogens with two attached hydrogens (primary N) is 1. The van der Waals surface area contributed by atoms with Crippen molar-refractivity contribution in [2.45, 2.75) is 11.4 Å². The molecule has 0 amide bonds. The molecule has 0 bridgehead atoms. The summed E-state index contributed by atoms with van der Waals surface area (Å²) in [4.78, 5) is 3.94. The molecule has 0 unspecified atom stereocenters. The summed E-state index contributed by atoms with van der Waals surface area (Å²) >= 11 is 0. The molecule has 6 nitrogen and oxygen atoms in total. The van der Waals surface area contributed by atoms with Crippen molar-refractivity contribution in [1.82, 2.24) is 9.29 Å². The standard InChI is InChI=1S/C14H14N4O2S/c1-18(10-12-3-2-6-17-9-12)21(19,20)14-5-4-11(8-15)7-13(14)16/h2-7,9H,10,16H2,1H3. The Morgan fingerprint density at radius 1 is 1.38 bits per heavy atom. The highest BCUT2D eigenvalue weighted by Crippen LogP contribution is 2.23. The maximum Gasteiger partial charge on any atom is 0.245 e.